The molecule has 1 rings (SSSR count). The predicted molar refractivity (Wildman–Crippen MR) is 74.4 cm³/mol. The van der Waals surface area contributed by atoms with Gasteiger partial charge in [-0.05, 0) is 37.6 Å². The van der Waals surface area contributed by atoms with Crippen molar-refractivity contribution in [2.75, 3.05) is 13.1 Å². The lowest BCUT2D eigenvalue weighted by Crippen LogP contribution is -2.33. The lowest BCUT2D eigenvalue weighted by Gasteiger charge is -2.15. The summed E-state index contributed by atoms with van der Waals surface area (Å²) in [7, 11) is -4.17. The van der Waals surface area contributed by atoms with Gasteiger partial charge in [0.05, 0.1) is 4.90 Å². The van der Waals surface area contributed by atoms with Crippen molar-refractivity contribution in [1.82, 2.24) is 10.0 Å². The van der Waals surface area contributed by atoms with Crippen LogP contribution in [0.25, 0.3) is 0 Å². The average molecular weight is 324 g/mol. The maximum atomic E-state index is 12.1. The van der Waals surface area contributed by atoms with Crippen molar-refractivity contribution < 1.29 is 21.6 Å². The minimum absolute atomic E-state index is 0.0808. The first kappa shape index (κ1) is 17.9. The van der Waals surface area contributed by atoms with Crippen LogP contribution in [0.3, 0.4) is 0 Å². The van der Waals surface area contributed by atoms with Crippen molar-refractivity contribution in [3.05, 3.63) is 29.8 Å². The van der Waals surface area contributed by atoms with Crippen LogP contribution in [-0.2, 0) is 10.0 Å². The van der Waals surface area contributed by atoms with Crippen LogP contribution in [-0.4, -0.2) is 27.7 Å². The number of sulfonamides is 1. The maximum Gasteiger partial charge on any atom is 0.402 e. The predicted octanol–water partition coefficient (Wildman–Crippen LogP) is 2.59. The van der Waals surface area contributed by atoms with E-state index in [2.05, 4.69) is 5.32 Å². The van der Waals surface area contributed by atoms with Gasteiger partial charge < -0.3 is 5.32 Å². The molecule has 0 aliphatic heterocycles. The molecule has 0 fully saturated rings. The third-order valence-corrected chi connectivity index (χ3v) is 4.23. The second kappa shape index (κ2) is 7.24. The van der Waals surface area contributed by atoms with E-state index in [0.29, 0.717) is 5.56 Å². The van der Waals surface area contributed by atoms with E-state index in [1.807, 2.05) is 13.8 Å². The van der Waals surface area contributed by atoms with E-state index >= 15 is 0 Å². The molecule has 1 aromatic rings. The molecule has 0 radical (unpaired) electrons. The third kappa shape index (κ3) is 6.03. The van der Waals surface area contributed by atoms with Crippen molar-refractivity contribution in [2.45, 2.75) is 37.4 Å². The highest BCUT2D eigenvalue weighted by Gasteiger charge is 2.30. The Hall–Kier alpha value is -1.12. The van der Waals surface area contributed by atoms with E-state index in [1.165, 1.54) is 18.2 Å². The summed E-state index contributed by atoms with van der Waals surface area (Å²) in [6.07, 6.45) is -3.66. The number of hydrogen-bond donors (Lipinski definition) is 2. The van der Waals surface area contributed by atoms with E-state index in [1.54, 1.807) is 10.8 Å². The van der Waals surface area contributed by atoms with Crippen molar-refractivity contribution in [1.29, 1.82) is 0 Å². The zero-order chi connectivity index (χ0) is 16.1. The van der Waals surface area contributed by atoms with Crippen LogP contribution in [0.1, 0.15) is 31.9 Å². The van der Waals surface area contributed by atoms with Gasteiger partial charge in [0.25, 0.3) is 0 Å². The van der Waals surface area contributed by atoms with Crippen molar-refractivity contribution in [3.8, 4) is 0 Å². The largest absolute Gasteiger partial charge is 0.402 e. The fraction of sp³-hybridized carbons (Fsp3) is 0.538. The molecule has 0 heterocycles. The second-order valence-corrected chi connectivity index (χ2v) is 6.45. The lowest BCUT2D eigenvalue weighted by molar-refractivity contribution is -0.121. The molecule has 0 amide bonds. The van der Waals surface area contributed by atoms with Crippen molar-refractivity contribution in [3.63, 3.8) is 0 Å². The number of rotatable bonds is 7. The Labute approximate surface area is 122 Å². The van der Waals surface area contributed by atoms with Crippen LogP contribution in [0.15, 0.2) is 29.2 Å². The van der Waals surface area contributed by atoms with Crippen molar-refractivity contribution >= 4 is 10.0 Å². The summed E-state index contributed by atoms with van der Waals surface area (Å²) in [5, 5.41) is 3.19. The Morgan fingerprint density at radius 3 is 2.52 bits per heavy atom. The molecule has 0 aliphatic rings. The third-order valence-electron chi connectivity index (χ3n) is 2.83. The zero-order valence-corrected chi connectivity index (χ0v) is 12.7. The summed E-state index contributed by atoms with van der Waals surface area (Å²) >= 11 is 0. The topological polar surface area (TPSA) is 58.2 Å². The summed E-state index contributed by atoms with van der Waals surface area (Å²) in [5.74, 6) is 0. The van der Waals surface area contributed by atoms with Crippen LogP contribution in [0.5, 0.6) is 0 Å². The number of alkyl halides is 3. The Kier molecular flexibility index (Phi) is 6.18. The molecule has 1 unspecified atom stereocenters. The minimum atomic E-state index is -4.58. The molecule has 0 aliphatic carbocycles. The molecule has 0 saturated carbocycles. The summed E-state index contributed by atoms with van der Waals surface area (Å²) in [6.45, 7) is 3.06. The van der Waals surface area contributed by atoms with Crippen LogP contribution in [0.2, 0.25) is 0 Å². The van der Waals surface area contributed by atoms with Gasteiger partial charge in [-0.15, -0.1) is 0 Å². The smallest absolute Gasteiger partial charge is 0.310 e. The highest BCUT2D eigenvalue weighted by molar-refractivity contribution is 7.89. The molecular weight excluding hydrogens is 305 g/mol. The van der Waals surface area contributed by atoms with Gasteiger partial charge in [0.1, 0.15) is 6.54 Å². The highest BCUT2D eigenvalue weighted by Crippen LogP contribution is 2.19. The molecule has 0 bridgehead atoms. The molecule has 0 spiro atoms. The molecule has 4 nitrogen and oxygen atoms in total. The van der Waals surface area contributed by atoms with Gasteiger partial charge in [-0.1, -0.05) is 19.1 Å². The van der Waals surface area contributed by atoms with Gasteiger partial charge in [-0.25, -0.2) is 13.1 Å². The van der Waals surface area contributed by atoms with Crippen LogP contribution >= 0.6 is 0 Å². The van der Waals surface area contributed by atoms with E-state index < -0.39 is 22.7 Å². The van der Waals surface area contributed by atoms with Gasteiger partial charge >= 0.3 is 6.18 Å². The lowest BCUT2D eigenvalue weighted by atomic mass is 10.1. The molecule has 21 heavy (non-hydrogen) atoms. The van der Waals surface area contributed by atoms with Gasteiger partial charge in [0.2, 0.25) is 10.0 Å². The van der Waals surface area contributed by atoms with Crippen LogP contribution in [0, 0.1) is 0 Å². The number of nitrogens with one attached hydrogen (secondary N) is 2. The van der Waals surface area contributed by atoms with E-state index in [4.69, 9.17) is 0 Å². The summed E-state index contributed by atoms with van der Waals surface area (Å²) in [5.41, 5.74) is 0.707. The maximum absolute atomic E-state index is 12.1. The first-order valence-corrected chi connectivity index (χ1v) is 8.04. The number of benzene rings is 1. The molecule has 0 aromatic heterocycles. The van der Waals surface area contributed by atoms with Crippen molar-refractivity contribution in [2.24, 2.45) is 0 Å². The van der Waals surface area contributed by atoms with Crippen LogP contribution < -0.4 is 10.0 Å². The van der Waals surface area contributed by atoms with E-state index in [0.717, 1.165) is 13.0 Å². The molecule has 2 N–H and O–H groups in total. The van der Waals surface area contributed by atoms with E-state index in [-0.39, 0.29) is 10.9 Å². The standard InChI is InChI=1S/C13H19F3N2O2S/c1-3-7-17-10(2)11-5-4-6-12(8-11)21(19,20)18-9-13(14,15)16/h4-6,8,10,17-18H,3,7,9H2,1-2H3. The first-order valence-electron chi connectivity index (χ1n) is 6.55. The Balaban J connectivity index is 2.88. The Morgan fingerprint density at radius 1 is 1.29 bits per heavy atom. The Bertz CT molecular complexity index is 559. The van der Waals surface area contributed by atoms with Crippen LogP contribution in [0.4, 0.5) is 13.2 Å². The van der Waals surface area contributed by atoms with Gasteiger partial charge in [0.15, 0.2) is 0 Å². The molecule has 120 valence electrons. The molecule has 1 aromatic carbocycles. The first-order chi connectivity index (χ1) is 9.65. The number of halogens is 3. The summed E-state index contributed by atoms with van der Waals surface area (Å²) in [6, 6.07) is 5.82. The van der Waals surface area contributed by atoms with Gasteiger partial charge in [-0.2, -0.15) is 13.2 Å². The molecular formula is C13H19F3N2O2S. The average Bonchev–Trinajstić information content (AvgIpc) is 2.42. The quantitative estimate of drug-likeness (QED) is 0.810. The molecule has 8 heteroatoms. The summed E-state index contributed by atoms with van der Waals surface area (Å²) < 4.78 is 61.6. The minimum Gasteiger partial charge on any atom is -0.310 e. The fourth-order valence-electron chi connectivity index (χ4n) is 1.69. The summed E-state index contributed by atoms with van der Waals surface area (Å²) in [4.78, 5) is -0.172. The second-order valence-electron chi connectivity index (χ2n) is 4.69. The highest BCUT2D eigenvalue weighted by atomic mass is 32.2. The molecule has 0 saturated heterocycles. The normalized spacial score (nSPS) is 14.1. The zero-order valence-electron chi connectivity index (χ0n) is 11.9. The van der Waals surface area contributed by atoms with Gasteiger partial charge in [0, 0.05) is 6.04 Å². The van der Waals surface area contributed by atoms with Gasteiger partial charge in [-0.3, -0.25) is 0 Å². The Morgan fingerprint density at radius 2 is 1.95 bits per heavy atom. The monoisotopic (exact) mass is 324 g/mol. The number of hydrogen-bond acceptors (Lipinski definition) is 3. The van der Waals surface area contributed by atoms with E-state index in [9.17, 15) is 21.6 Å². The fourth-order valence-corrected chi connectivity index (χ4v) is 2.76. The molecule has 1 atom stereocenters. The SMILES string of the molecule is CCCNC(C)c1cccc(S(=O)(=O)NCC(F)(F)F)c1.